The van der Waals surface area contributed by atoms with Crippen molar-refractivity contribution in [2.75, 3.05) is 6.54 Å². The average Bonchev–Trinajstić information content (AvgIpc) is 2.78. The van der Waals surface area contributed by atoms with E-state index in [1.54, 1.807) is 0 Å². The summed E-state index contributed by atoms with van der Waals surface area (Å²) in [5.74, 6) is 0.848. The molecular formula is C13H22BrN3. The van der Waals surface area contributed by atoms with Crippen LogP contribution < -0.4 is 5.32 Å². The first kappa shape index (κ1) is 13.1. The van der Waals surface area contributed by atoms with Crippen LogP contribution in [0.2, 0.25) is 0 Å². The number of aryl methyl sites for hydroxylation is 2. The molecule has 96 valence electrons. The minimum atomic E-state index is 0.561. The smallest absolute Gasteiger partial charge is 0.0739 e. The van der Waals surface area contributed by atoms with E-state index < -0.39 is 0 Å². The van der Waals surface area contributed by atoms with Crippen molar-refractivity contribution in [3.63, 3.8) is 0 Å². The van der Waals surface area contributed by atoms with Gasteiger partial charge >= 0.3 is 0 Å². The molecule has 17 heavy (non-hydrogen) atoms. The predicted molar refractivity (Wildman–Crippen MR) is 73.9 cm³/mol. The van der Waals surface area contributed by atoms with E-state index in [-0.39, 0.29) is 0 Å². The van der Waals surface area contributed by atoms with Crippen LogP contribution in [-0.2, 0) is 13.1 Å². The van der Waals surface area contributed by atoms with Crippen molar-refractivity contribution < 1.29 is 0 Å². The Morgan fingerprint density at radius 1 is 1.53 bits per heavy atom. The SMILES string of the molecule is CCn1nc(C)c(Br)c1CNCC1CC1(C)C. The maximum absolute atomic E-state index is 4.50. The molecule has 0 bridgehead atoms. The van der Waals surface area contributed by atoms with Crippen molar-refractivity contribution in [1.82, 2.24) is 15.1 Å². The van der Waals surface area contributed by atoms with E-state index in [4.69, 9.17) is 0 Å². The molecule has 1 heterocycles. The summed E-state index contributed by atoms with van der Waals surface area (Å²) in [4.78, 5) is 0. The normalized spacial score (nSPS) is 21.8. The van der Waals surface area contributed by atoms with Gasteiger partial charge in [-0.2, -0.15) is 5.10 Å². The first-order valence-electron chi connectivity index (χ1n) is 6.38. The van der Waals surface area contributed by atoms with Gasteiger partial charge in [0.25, 0.3) is 0 Å². The second-order valence-corrected chi connectivity index (χ2v) is 6.48. The fourth-order valence-electron chi connectivity index (χ4n) is 2.33. The Labute approximate surface area is 112 Å². The van der Waals surface area contributed by atoms with Crippen LogP contribution in [0.4, 0.5) is 0 Å². The van der Waals surface area contributed by atoms with Crippen molar-refractivity contribution in [3.8, 4) is 0 Å². The molecule has 1 saturated carbocycles. The molecule has 0 amide bonds. The highest BCUT2D eigenvalue weighted by Crippen LogP contribution is 2.51. The minimum absolute atomic E-state index is 0.561. The molecule has 0 aromatic carbocycles. The van der Waals surface area contributed by atoms with Crippen molar-refractivity contribution in [2.45, 2.75) is 47.2 Å². The first-order chi connectivity index (χ1) is 7.95. The summed E-state index contributed by atoms with van der Waals surface area (Å²) in [7, 11) is 0. The van der Waals surface area contributed by atoms with E-state index in [2.05, 4.69) is 51.8 Å². The van der Waals surface area contributed by atoms with Gasteiger partial charge in [-0.3, -0.25) is 4.68 Å². The van der Waals surface area contributed by atoms with Gasteiger partial charge in [0.15, 0.2) is 0 Å². The Balaban J connectivity index is 1.90. The Morgan fingerprint density at radius 3 is 2.71 bits per heavy atom. The van der Waals surface area contributed by atoms with E-state index in [0.29, 0.717) is 5.41 Å². The maximum Gasteiger partial charge on any atom is 0.0739 e. The zero-order valence-corrected chi connectivity index (χ0v) is 12.8. The van der Waals surface area contributed by atoms with Gasteiger partial charge in [0, 0.05) is 13.1 Å². The van der Waals surface area contributed by atoms with Crippen LogP contribution in [0.3, 0.4) is 0 Å². The van der Waals surface area contributed by atoms with E-state index in [9.17, 15) is 0 Å². The molecular weight excluding hydrogens is 278 g/mol. The second kappa shape index (κ2) is 4.73. The zero-order valence-electron chi connectivity index (χ0n) is 11.2. The van der Waals surface area contributed by atoms with E-state index in [0.717, 1.165) is 35.7 Å². The third kappa shape index (κ3) is 2.74. The number of halogens is 1. The lowest BCUT2D eigenvalue weighted by Gasteiger charge is -2.08. The lowest BCUT2D eigenvalue weighted by molar-refractivity contribution is 0.506. The molecule has 1 aliphatic rings. The largest absolute Gasteiger partial charge is 0.311 e. The molecule has 0 radical (unpaired) electrons. The summed E-state index contributed by atoms with van der Waals surface area (Å²) in [6.07, 6.45) is 1.35. The number of nitrogens with one attached hydrogen (secondary N) is 1. The summed E-state index contributed by atoms with van der Waals surface area (Å²) < 4.78 is 3.23. The highest BCUT2D eigenvalue weighted by molar-refractivity contribution is 9.10. The fraction of sp³-hybridized carbons (Fsp3) is 0.769. The first-order valence-corrected chi connectivity index (χ1v) is 7.17. The molecule has 3 nitrogen and oxygen atoms in total. The van der Waals surface area contributed by atoms with Crippen LogP contribution in [0.5, 0.6) is 0 Å². The summed E-state index contributed by atoms with van der Waals surface area (Å²) in [5, 5.41) is 8.06. The Bertz CT molecular complexity index is 409. The van der Waals surface area contributed by atoms with Crippen molar-refractivity contribution in [3.05, 3.63) is 15.9 Å². The highest BCUT2D eigenvalue weighted by atomic mass is 79.9. The van der Waals surface area contributed by atoms with Crippen LogP contribution in [0.25, 0.3) is 0 Å². The summed E-state index contributed by atoms with van der Waals surface area (Å²) in [6, 6.07) is 0. The second-order valence-electron chi connectivity index (χ2n) is 5.68. The molecule has 1 atom stereocenters. The Kier molecular flexibility index (Phi) is 3.64. The van der Waals surface area contributed by atoms with Gasteiger partial charge in [0.1, 0.15) is 0 Å². The van der Waals surface area contributed by atoms with Gasteiger partial charge in [-0.1, -0.05) is 13.8 Å². The number of rotatable bonds is 5. The van der Waals surface area contributed by atoms with Crippen LogP contribution in [0.15, 0.2) is 4.47 Å². The Morgan fingerprint density at radius 2 is 2.18 bits per heavy atom. The van der Waals surface area contributed by atoms with Gasteiger partial charge in [0.05, 0.1) is 15.9 Å². The van der Waals surface area contributed by atoms with Crippen molar-refractivity contribution in [2.24, 2.45) is 11.3 Å². The van der Waals surface area contributed by atoms with Gasteiger partial charge in [-0.05, 0) is 54.1 Å². The zero-order chi connectivity index (χ0) is 12.6. The van der Waals surface area contributed by atoms with Gasteiger partial charge in [0.2, 0.25) is 0 Å². The molecule has 1 unspecified atom stereocenters. The van der Waals surface area contributed by atoms with Crippen LogP contribution in [0.1, 0.15) is 38.6 Å². The lowest BCUT2D eigenvalue weighted by Crippen LogP contribution is -2.20. The van der Waals surface area contributed by atoms with Crippen molar-refractivity contribution in [1.29, 1.82) is 0 Å². The van der Waals surface area contributed by atoms with Crippen molar-refractivity contribution >= 4 is 15.9 Å². The topological polar surface area (TPSA) is 29.9 Å². The molecule has 2 rings (SSSR count). The maximum atomic E-state index is 4.50. The molecule has 1 fully saturated rings. The minimum Gasteiger partial charge on any atom is -0.311 e. The molecule has 0 spiro atoms. The number of hydrogen-bond acceptors (Lipinski definition) is 2. The Hall–Kier alpha value is -0.350. The fourth-order valence-corrected chi connectivity index (χ4v) is 2.75. The lowest BCUT2D eigenvalue weighted by atomic mass is 10.1. The predicted octanol–water partition coefficient (Wildman–Crippen LogP) is 3.11. The van der Waals surface area contributed by atoms with E-state index in [1.165, 1.54) is 12.1 Å². The molecule has 4 heteroatoms. The average molecular weight is 300 g/mol. The molecule has 0 saturated heterocycles. The standard InChI is InChI=1S/C13H22BrN3/c1-5-17-11(12(14)9(2)16-17)8-15-7-10-6-13(10,3)4/h10,15H,5-8H2,1-4H3. The van der Waals surface area contributed by atoms with Crippen LogP contribution in [-0.4, -0.2) is 16.3 Å². The summed E-state index contributed by atoms with van der Waals surface area (Å²) in [6.45, 7) is 11.8. The number of aromatic nitrogens is 2. The van der Waals surface area contributed by atoms with E-state index >= 15 is 0 Å². The third-order valence-corrected chi connectivity index (χ3v) is 4.89. The monoisotopic (exact) mass is 299 g/mol. The quantitative estimate of drug-likeness (QED) is 0.905. The molecule has 1 aliphatic carbocycles. The number of hydrogen-bond donors (Lipinski definition) is 1. The molecule has 1 aromatic heterocycles. The highest BCUT2D eigenvalue weighted by Gasteiger charge is 2.44. The third-order valence-electron chi connectivity index (χ3n) is 3.85. The molecule has 0 aliphatic heterocycles. The van der Waals surface area contributed by atoms with E-state index in [1.807, 2.05) is 6.92 Å². The van der Waals surface area contributed by atoms with Gasteiger partial charge in [-0.15, -0.1) is 0 Å². The summed E-state index contributed by atoms with van der Waals surface area (Å²) >= 11 is 3.62. The molecule has 1 N–H and O–H groups in total. The molecule has 1 aromatic rings. The van der Waals surface area contributed by atoms with Crippen LogP contribution >= 0.6 is 15.9 Å². The summed E-state index contributed by atoms with van der Waals surface area (Å²) in [5.41, 5.74) is 2.91. The van der Waals surface area contributed by atoms with Gasteiger partial charge in [-0.25, -0.2) is 0 Å². The number of nitrogens with zero attached hydrogens (tertiary/aromatic N) is 2. The van der Waals surface area contributed by atoms with Gasteiger partial charge < -0.3 is 5.32 Å². The van der Waals surface area contributed by atoms with Crippen LogP contribution in [0, 0.1) is 18.3 Å².